The third kappa shape index (κ3) is 4.90. The Kier molecular flexibility index (Phi) is 7.31. The van der Waals surface area contributed by atoms with Crippen molar-refractivity contribution in [3.63, 3.8) is 0 Å². The highest BCUT2D eigenvalue weighted by Gasteiger charge is 2.31. The first-order valence-electron chi connectivity index (χ1n) is 8.70. The smallest absolute Gasteiger partial charge is 0.294 e. The van der Waals surface area contributed by atoms with Crippen LogP contribution in [0.1, 0.15) is 22.6 Å². The van der Waals surface area contributed by atoms with Crippen molar-refractivity contribution < 1.29 is 22.4 Å². The maximum absolute atomic E-state index is 12.2. The SMILES string of the molecule is COc1c(Cl)cc(Cl)cc1C(c1ccccc1S(=O)(=O)O)c1cc(Cl)cc(Cl)c1OC. The zero-order chi connectivity index (χ0) is 22.9. The van der Waals surface area contributed by atoms with E-state index in [0.717, 1.165) is 0 Å². The summed E-state index contributed by atoms with van der Waals surface area (Å²) in [6.45, 7) is 0. The van der Waals surface area contributed by atoms with Gasteiger partial charge in [-0.15, -0.1) is 0 Å². The summed E-state index contributed by atoms with van der Waals surface area (Å²) in [5, 5.41) is 1.02. The molecule has 3 rings (SSSR count). The van der Waals surface area contributed by atoms with Crippen molar-refractivity contribution in [3.05, 3.63) is 85.3 Å². The minimum Gasteiger partial charge on any atom is -0.495 e. The lowest BCUT2D eigenvalue weighted by Gasteiger charge is -2.25. The van der Waals surface area contributed by atoms with E-state index in [-0.39, 0.29) is 32.0 Å². The van der Waals surface area contributed by atoms with Crippen molar-refractivity contribution in [2.24, 2.45) is 0 Å². The van der Waals surface area contributed by atoms with Gasteiger partial charge in [-0.05, 0) is 35.9 Å². The summed E-state index contributed by atoms with van der Waals surface area (Å²) < 4.78 is 45.3. The molecule has 164 valence electrons. The van der Waals surface area contributed by atoms with Crippen LogP contribution < -0.4 is 9.47 Å². The van der Waals surface area contributed by atoms with Gasteiger partial charge in [0.2, 0.25) is 0 Å². The van der Waals surface area contributed by atoms with Crippen LogP contribution in [-0.2, 0) is 10.1 Å². The van der Waals surface area contributed by atoms with Gasteiger partial charge in [0.1, 0.15) is 11.5 Å². The first-order chi connectivity index (χ1) is 14.6. The Hall–Kier alpha value is -1.67. The molecule has 5 nitrogen and oxygen atoms in total. The van der Waals surface area contributed by atoms with Crippen molar-refractivity contribution in [1.82, 2.24) is 0 Å². The summed E-state index contributed by atoms with van der Waals surface area (Å²) in [5.41, 5.74) is 1.07. The summed E-state index contributed by atoms with van der Waals surface area (Å²) in [5.74, 6) is -0.353. The highest BCUT2D eigenvalue weighted by molar-refractivity contribution is 7.85. The van der Waals surface area contributed by atoms with E-state index in [0.29, 0.717) is 21.2 Å². The second-order valence-corrected chi connectivity index (χ2v) is 9.54. The number of hydrogen-bond donors (Lipinski definition) is 1. The van der Waals surface area contributed by atoms with Gasteiger partial charge in [0, 0.05) is 27.1 Å². The summed E-state index contributed by atoms with van der Waals surface area (Å²) in [6, 6.07) is 12.1. The topological polar surface area (TPSA) is 72.8 Å². The van der Waals surface area contributed by atoms with Crippen LogP contribution in [0.25, 0.3) is 0 Å². The van der Waals surface area contributed by atoms with E-state index in [1.165, 1.54) is 38.5 Å². The average Bonchev–Trinajstić information content (AvgIpc) is 2.67. The molecule has 0 spiro atoms. The summed E-state index contributed by atoms with van der Waals surface area (Å²) in [4.78, 5) is -0.309. The second-order valence-electron chi connectivity index (χ2n) is 6.47. The molecule has 3 aromatic carbocycles. The lowest BCUT2D eigenvalue weighted by Crippen LogP contribution is -2.12. The fourth-order valence-corrected chi connectivity index (χ4v) is 5.38. The Balaban J connectivity index is 2.51. The predicted octanol–water partition coefficient (Wildman–Crippen LogP) is 6.74. The Morgan fingerprint density at radius 3 is 1.65 bits per heavy atom. The van der Waals surface area contributed by atoms with Crippen molar-refractivity contribution in [3.8, 4) is 11.5 Å². The molecule has 10 heteroatoms. The minimum absolute atomic E-state index is 0.214. The van der Waals surface area contributed by atoms with E-state index >= 15 is 0 Å². The van der Waals surface area contributed by atoms with Gasteiger partial charge in [-0.3, -0.25) is 4.55 Å². The molecule has 0 fully saturated rings. The van der Waals surface area contributed by atoms with Crippen LogP contribution in [0, 0.1) is 0 Å². The highest BCUT2D eigenvalue weighted by Crippen LogP contribution is 2.48. The van der Waals surface area contributed by atoms with Gasteiger partial charge in [-0.25, -0.2) is 0 Å². The Labute approximate surface area is 200 Å². The van der Waals surface area contributed by atoms with E-state index < -0.39 is 16.0 Å². The van der Waals surface area contributed by atoms with Crippen molar-refractivity contribution in [1.29, 1.82) is 0 Å². The lowest BCUT2D eigenvalue weighted by molar-refractivity contribution is 0.402. The number of halogens is 4. The molecule has 0 amide bonds. The number of benzene rings is 3. The number of hydrogen-bond acceptors (Lipinski definition) is 4. The normalized spacial score (nSPS) is 11.6. The molecule has 0 bridgehead atoms. The molecule has 0 saturated heterocycles. The fraction of sp³-hybridized carbons (Fsp3) is 0.143. The van der Waals surface area contributed by atoms with E-state index in [9.17, 15) is 13.0 Å². The van der Waals surface area contributed by atoms with Gasteiger partial charge in [0.25, 0.3) is 10.1 Å². The van der Waals surface area contributed by atoms with Crippen LogP contribution >= 0.6 is 46.4 Å². The van der Waals surface area contributed by atoms with Gasteiger partial charge >= 0.3 is 0 Å². The van der Waals surface area contributed by atoms with E-state index in [4.69, 9.17) is 55.9 Å². The molecular formula is C21H16Cl4O5S. The highest BCUT2D eigenvalue weighted by atomic mass is 35.5. The molecule has 0 aliphatic heterocycles. The molecule has 1 N–H and O–H groups in total. The summed E-state index contributed by atoms with van der Waals surface area (Å²) in [7, 11) is -1.74. The monoisotopic (exact) mass is 520 g/mol. The van der Waals surface area contributed by atoms with Crippen LogP contribution in [0.4, 0.5) is 0 Å². The molecule has 0 unspecified atom stereocenters. The maximum Gasteiger partial charge on any atom is 0.294 e. The number of ether oxygens (including phenoxy) is 2. The van der Waals surface area contributed by atoms with Crippen molar-refractivity contribution in [2.75, 3.05) is 14.2 Å². The minimum atomic E-state index is -4.59. The average molecular weight is 522 g/mol. The Morgan fingerprint density at radius 2 is 1.23 bits per heavy atom. The number of methoxy groups -OCH3 is 2. The maximum atomic E-state index is 12.2. The third-order valence-corrected chi connectivity index (χ3v) is 6.54. The van der Waals surface area contributed by atoms with E-state index in [2.05, 4.69) is 0 Å². The fourth-order valence-electron chi connectivity index (χ4n) is 3.48. The lowest BCUT2D eigenvalue weighted by atomic mass is 9.84. The van der Waals surface area contributed by atoms with Crippen LogP contribution in [0.3, 0.4) is 0 Å². The van der Waals surface area contributed by atoms with Crippen molar-refractivity contribution >= 4 is 56.5 Å². The summed E-state index contributed by atoms with van der Waals surface area (Å²) in [6.07, 6.45) is 0. The molecular weight excluding hydrogens is 506 g/mol. The van der Waals surface area contributed by atoms with E-state index in [1.54, 1.807) is 24.3 Å². The molecule has 0 radical (unpaired) electrons. The van der Waals surface area contributed by atoms with Gasteiger partial charge in [0.15, 0.2) is 0 Å². The quantitative estimate of drug-likeness (QED) is 0.287. The third-order valence-electron chi connectivity index (χ3n) is 4.61. The molecule has 0 aliphatic carbocycles. The van der Waals surface area contributed by atoms with Gasteiger partial charge in [0.05, 0.1) is 29.2 Å². The molecule has 0 atom stereocenters. The Morgan fingerprint density at radius 1 is 0.774 bits per heavy atom. The first kappa shape index (κ1) is 24.0. The molecule has 0 heterocycles. The van der Waals surface area contributed by atoms with Gasteiger partial charge in [-0.2, -0.15) is 8.42 Å². The standard InChI is InChI=1S/C21H16Cl4O5S/c1-29-20-14(7-11(22)9-16(20)24)19(13-5-3-4-6-18(13)31(26,27)28)15-8-12(23)10-17(25)21(15)30-2/h3-10,19H,1-2H3,(H,26,27,28). The predicted molar refractivity (Wildman–Crippen MR) is 123 cm³/mol. The van der Waals surface area contributed by atoms with Crippen LogP contribution in [0.15, 0.2) is 53.4 Å². The second kappa shape index (κ2) is 9.45. The van der Waals surface area contributed by atoms with Gasteiger partial charge in [-0.1, -0.05) is 64.6 Å². The Bertz CT molecular complexity index is 1190. The summed E-state index contributed by atoms with van der Waals surface area (Å²) >= 11 is 25.3. The zero-order valence-corrected chi connectivity index (χ0v) is 20.0. The number of rotatable bonds is 6. The van der Waals surface area contributed by atoms with Gasteiger partial charge < -0.3 is 9.47 Å². The van der Waals surface area contributed by atoms with Crippen LogP contribution in [0.2, 0.25) is 20.1 Å². The molecule has 3 aromatic rings. The van der Waals surface area contributed by atoms with Crippen LogP contribution in [0.5, 0.6) is 11.5 Å². The van der Waals surface area contributed by atoms with E-state index in [1.807, 2.05) is 0 Å². The molecule has 31 heavy (non-hydrogen) atoms. The van der Waals surface area contributed by atoms with Crippen molar-refractivity contribution in [2.45, 2.75) is 10.8 Å². The molecule has 0 saturated carbocycles. The zero-order valence-electron chi connectivity index (χ0n) is 16.2. The molecule has 0 aliphatic rings. The largest absolute Gasteiger partial charge is 0.495 e. The van der Waals surface area contributed by atoms with Crippen LogP contribution in [-0.4, -0.2) is 27.2 Å². The molecule has 0 aromatic heterocycles. The first-order valence-corrected chi connectivity index (χ1v) is 11.7.